The summed E-state index contributed by atoms with van der Waals surface area (Å²) in [5.41, 5.74) is 1.25. The average Bonchev–Trinajstić information content (AvgIpc) is 0.792. The van der Waals surface area contributed by atoms with Gasteiger partial charge in [0.2, 0.25) is 0 Å². The van der Waals surface area contributed by atoms with Gasteiger partial charge in [0, 0.05) is 69.8 Å². The summed E-state index contributed by atoms with van der Waals surface area (Å²) in [5, 5.41) is 37.9. The van der Waals surface area contributed by atoms with Crippen LogP contribution in [0, 0.1) is 0 Å². The second kappa shape index (κ2) is 55.8. The maximum Gasteiger partial charge on any atom is 0.338 e. The van der Waals surface area contributed by atoms with Gasteiger partial charge < -0.3 is 106 Å². The summed E-state index contributed by atoms with van der Waals surface area (Å²) in [6, 6.07) is 49.8. The molecule has 6 aromatic rings. The molecule has 3 aliphatic rings. The fraction of sp³-hybridized carbons (Fsp3) is 0.517. The minimum atomic E-state index is -1.43. The zero-order chi connectivity index (χ0) is 83.9. The summed E-state index contributed by atoms with van der Waals surface area (Å²) in [6.07, 6.45) is -16.8. The third-order valence-corrected chi connectivity index (χ3v) is 22.7. The molecule has 15 atom stereocenters. The molecule has 9 rings (SSSR count). The first-order valence-electron chi connectivity index (χ1n) is 40.0. The lowest BCUT2D eigenvalue weighted by Gasteiger charge is -2.45. The summed E-state index contributed by atoms with van der Waals surface area (Å²) >= 11 is 6.18. The van der Waals surface area contributed by atoms with Gasteiger partial charge in [-0.1, -0.05) is 109 Å². The molecule has 28 nitrogen and oxygen atoms in total. The summed E-state index contributed by atoms with van der Waals surface area (Å²) in [7, 11) is 1.35. The van der Waals surface area contributed by atoms with Crippen LogP contribution in [0.5, 0.6) is 0 Å². The number of aliphatic hydroxyl groups excluding tert-OH is 4. The van der Waals surface area contributed by atoms with E-state index in [0.717, 1.165) is 0 Å². The van der Waals surface area contributed by atoms with Crippen LogP contribution in [0.2, 0.25) is 0 Å². The van der Waals surface area contributed by atoms with Gasteiger partial charge >= 0.3 is 35.8 Å². The van der Waals surface area contributed by atoms with Gasteiger partial charge in [-0.05, 0) is 134 Å². The number of carbonyl (C=O) groups excluding carboxylic acids is 6. The number of methoxy groups -OCH3 is 1. The molecule has 0 aliphatic carbocycles. The minimum absolute atomic E-state index is 0.00959. The average molecular weight is 1730 g/mol. The number of benzene rings is 6. The zero-order valence-electron chi connectivity index (χ0n) is 66.7. The Morgan fingerprint density at radius 1 is 0.269 bits per heavy atom. The molecular formula is C87H110O28S4. The van der Waals surface area contributed by atoms with Crippen molar-refractivity contribution in [2.45, 2.75) is 131 Å². The molecule has 0 saturated carbocycles. The minimum Gasteiger partial charge on any atom is -0.453 e. The molecule has 0 amide bonds. The second-order valence-electron chi connectivity index (χ2n) is 27.2. The van der Waals surface area contributed by atoms with Crippen molar-refractivity contribution in [3.05, 3.63) is 215 Å². The van der Waals surface area contributed by atoms with Crippen LogP contribution < -0.4 is 0 Å². The Bertz CT molecular complexity index is 3800. The zero-order valence-corrected chi connectivity index (χ0v) is 70.0. The van der Waals surface area contributed by atoms with Gasteiger partial charge in [0.25, 0.3) is 0 Å². The van der Waals surface area contributed by atoms with Crippen LogP contribution in [0.3, 0.4) is 0 Å². The van der Waals surface area contributed by atoms with E-state index in [1.807, 2.05) is 0 Å². The molecule has 119 heavy (non-hydrogen) atoms. The van der Waals surface area contributed by atoms with Crippen LogP contribution in [0.25, 0.3) is 0 Å². The van der Waals surface area contributed by atoms with Gasteiger partial charge in [-0.3, -0.25) is 0 Å². The van der Waals surface area contributed by atoms with Gasteiger partial charge in [-0.2, -0.15) is 47.0 Å². The molecule has 3 fully saturated rings. The lowest BCUT2D eigenvalue weighted by Crippen LogP contribution is -2.63. The molecule has 0 spiro atoms. The Kier molecular flexibility index (Phi) is 44.9. The van der Waals surface area contributed by atoms with E-state index in [-0.39, 0.29) is 145 Å². The van der Waals surface area contributed by atoms with Crippen LogP contribution in [0.1, 0.15) is 101 Å². The number of thioether (sulfide) groups is 4. The first-order valence-corrected chi connectivity index (χ1v) is 44.7. The molecule has 32 heteroatoms. The molecule has 650 valence electrons. The molecule has 3 saturated heterocycles. The molecule has 0 unspecified atom stereocenters. The van der Waals surface area contributed by atoms with Gasteiger partial charge in [-0.25, -0.2) is 28.8 Å². The standard InChI is InChI=1S/C87H110O28S4/c1-98-85-76(113-82(95)64-32-14-5-15-33-64)73(102-45-21-47-106-87-78(115-84(97)66-36-18-7-19-37-66)75(104-49-25-53-119-57-41-91)72(112-81(94)63-30-12-4-13-31-63)69(109-87)60-101-44-23-51-117-55-39-89)70(110-79(92)61-26-8-2-9-27-61)67(107-85)58-99-42-20-46-105-86-77(114-83(96)65-34-16-6-17-35-65)74(103-48-24-52-118-56-40-90)71(111-80(93)62-28-10-3-11-29-62)68(108-86)59-100-43-22-50-116-54-38-88/h2-19,26-37,67-78,85-91H,20-25,38-60H2,1H3/t67-,68-,69-,70-,71-,72-,73+,74+,75+,76+,77+,78+,85+,86+,87+/m1/s1. The first kappa shape index (κ1) is 95.7. The van der Waals surface area contributed by atoms with Gasteiger partial charge in [0.1, 0.15) is 36.6 Å². The van der Waals surface area contributed by atoms with Crippen molar-refractivity contribution < 1.29 is 134 Å². The largest absolute Gasteiger partial charge is 0.453 e. The number of hydrogen-bond acceptors (Lipinski definition) is 32. The highest BCUT2D eigenvalue weighted by Crippen LogP contribution is 2.36. The van der Waals surface area contributed by atoms with E-state index >= 15 is 0 Å². The molecular weight excluding hydrogens is 1620 g/mol. The Morgan fingerprint density at radius 3 is 0.756 bits per heavy atom. The van der Waals surface area contributed by atoms with E-state index in [1.54, 1.807) is 206 Å². The third kappa shape index (κ3) is 32.3. The SMILES string of the molecule is CO[C@H]1O[C@H](COCCCO[C@H]2O[C@H](COCCCSCCO)[C@@H](OC(=O)c3ccccc3)[C@H](OCCCSCCO)[C@@H]2OC(=O)c2ccccc2)[C@@H](OC(=O)c2ccccc2)[C@H](OCCCO[C@H]2O[C@H](COCCCSCCO)[C@@H](OC(=O)c3ccccc3)[C@H](OCCCSCCO)[C@@H]2OC(=O)c2ccccc2)[C@@H]1OC(=O)c1ccccc1. The maximum absolute atomic E-state index is 14.5. The van der Waals surface area contributed by atoms with Crippen LogP contribution in [-0.2, 0) is 85.3 Å². The third-order valence-electron chi connectivity index (χ3n) is 18.5. The quantitative estimate of drug-likeness (QED) is 0.0157. The molecule has 0 bridgehead atoms. The molecule has 0 radical (unpaired) electrons. The molecule has 3 heterocycles. The predicted octanol–water partition coefficient (Wildman–Crippen LogP) is 9.64. The van der Waals surface area contributed by atoms with E-state index in [9.17, 15) is 49.2 Å². The smallest absolute Gasteiger partial charge is 0.338 e. The van der Waals surface area contributed by atoms with Gasteiger partial charge in [0.15, 0.2) is 55.5 Å². The highest BCUT2D eigenvalue weighted by Gasteiger charge is 2.55. The number of ether oxygens (including phenoxy) is 18. The van der Waals surface area contributed by atoms with Crippen LogP contribution in [-0.4, -0.2) is 301 Å². The highest BCUT2D eigenvalue weighted by atomic mass is 32.2. The van der Waals surface area contributed by atoms with Crippen molar-refractivity contribution in [1.82, 2.24) is 0 Å². The molecule has 4 N–H and O–H groups in total. The topological polar surface area (TPSA) is 349 Å². The maximum atomic E-state index is 14.5. The lowest BCUT2D eigenvalue weighted by molar-refractivity contribution is -0.310. The van der Waals surface area contributed by atoms with Gasteiger partial charge in [-0.15, -0.1) is 0 Å². The van der Waals surface area contributed by atoms with Crippen molar-refractivity contribution in [2.75, 3.05) is 152 Å². The monoisotopic (exact) mass is 1730 g/mol. The van der Waals surface area contributed by atoms with E-state index < -0.39 is 128 Å². The van der Waals surface area contributed by atoms with Crippen LogP contribution in [0.4, 0.5) is 0 Å². The summed E-state index contributed by atoms with van der Waals surface area (Å²) in [6.45, 7) is -0.197. The Hall–Kier alpha value is -7.10. The lowest BCUT2D eigenvalue weighted by atomic mass is 9.97. The van der Waals surface area contributed by atoms with Crippen molar-refractivity contribution in [3.8, 4) is 0 Å². The summed E-state index contributed by atoms with van der Waals surface area (Å²) in [5.74, 6) is 0.274. The van der Waals surface area contributed by atoms with E-state index in [2.05, 4.69) is 0 Å². The molecule has 6 aromatic carbocycles. The van der Waals surface area contributed by atoms with Crippen molar-refractivity contribution >= 4 is 82.9 Å². The van der Waals surface area contributed by atoms with Crippen LogP contribution in [0.15, 0.2) is 182 Å². The fourth-order valence-electron chi connectivity index (χ4n) is 12.9. The number of hydrogen-bond donors (Lipinski definition) is 4. The van der Waals surface area contributed by atoms with E-state index in [0.29, 0.717) is 71.7 Å². The van der Waals surface area contributed by atoms with Gasteiger partial charge in [0.05, 0.1) is 92.8 Å². The number of rotatable bonds is 56. The Labute approximate surface area is 711 Å². The first-order chi connectivity index (χ1) is 58.4. The predicted molar refractivity (Wildman–Crippen MR) is 446 cm³/mol. The summed E-state index contributed by atoms with van der Waals surface area (Å²) in [4.78, 5) is 85.7. The summed E-state index contributed by atoms with van der Waals surface area (Å²) < 4.78 is 116. The van der Waals surface area contributed by atoms with Crippen molar-refractivity contribution in [3.63, 3.8) is 0 Å². The molecule has 0 aromatic heterocycles. The number of aliphatic hydroxyl groups is 4. The number of carbonyl (C=O) groups is 6. The Morgan fingerprint density at radius 2 is 0.487 bits per heavy atom. The molecule has 3 aliphatic heterocycles. The van der Waals surface area contributed by atoms with Crippen molar-refractivity contribution in [2.24, 2.45) is 0 Å². The fourth-order valence-corrected chi connectivity index (χ4v) is 15.5. The second-order valence-corrected chi connectivity index (χ2v) is 32.1. The van der Waals surface area contributed by atoms with E-state index in [4.69, 9.17) is 85.3 Å². The highest BCUT2D eigenvalue weighted by molar-refractivity contribution is 7.99. The van der Waals surface area contributed by atoms with Crippen molar-refractivity contribution in [1.29, 1.82) is 0 Å². The number of esters is 6. The Balaban J connectivity index is 0.968. The van der Waals surface area contributed by atoms with E-state index in [1.165, 1.54) is 30.6 Å². The van der Waals surface area contributed by atoms with Crippen LogP contribution >= 0.6 is 47.0 Å². The normalized spacial score (nSPS) is 22.9.